The Balaban J connectivity index is 2.05. The molecule has 0 unspecified atom stereocenters. The number of phenols is 2. The molecule has 1 heterocycles. The molecule has 0 atom stereocenters. The molecule has 4 nitrogen and oxygen atoms in total. The molecule has 0 spiro atoms. The van der Waals surface area contributed by atoms with Crippen molar-refractivity contribution in [3.8, 4) is 11.5 Å². The predicted molar refractivity (Wildman–Crippen MR) is 67.1 cm³/mol. The van der Waals surface area contributed by atoms with Crippen LogP contribution in [-0.2, 0) is 6.54 Å². The fourth-order valence-corrected chi connectivity index (χ4v) is 2.11. The average molecular weight is 236 g/mol. The summed E-state index contributed by atoms with van der Waals surface area (Å²) in [4.78, 5) is 2.38. The summed E-state index contributed by atoms with van der Waals surface area (Å²) in [5.41, 5.74) is 0.878. The van der Waals surface area contributed by atoms with Gasteiger partial charge in [-0.1, -0.05) is 13.0 Å². The second kappa shape index (κ2) is 5.38. The Morgan fingerprint density at radius 1 is 1.35 bits per heavy atom. The minimum Gasteiger partial charge on any atom is -0.508 e. The van der Waals surface area contributed by atoms with Gasteiger partial charge in [0.2, 0.25) is 0 Å². The van der Waals surface area contributed by atoms with Crippen molar-refractivity contribution in [1.29, 1.82) is 0 Å². The lowest BCUT2D eigenvalue weighted by Crippen LogP contribution is -2.56. The maximum atomic E-state index is 9.78. The molecule has 0 bridgehead atoms. The Morgan fingerprint density at radius 2 is 2.12 bits per heavy atom. The van der Waals surface area contributed by atoms with Gasteiger partial charge in [-0.2, -0.15) is 0 Å². The minimum absolute atomic E-state index is 0.110. The molecular formula is C13H20N2O2. The van der Waals surface area contributed by atoms with Gasteiger partial charge in [-0.3, -0.25) is 4.90 Å². The molecule has 0 aliphatic carbocycles. The maximum absolute atomic E-state index is 9.78. The lowest BCUT2D eigenvalue weighted by atomic mass is 10.1. The third kappa shape index (κ3) is 2.90. The lowest BCUT2D eigenvalue weighted by molar-refractivity contribution is 0.136. The molecule has 1 aromatic rings. The van der Waals surface area contributed by atoms with Crippen molar-refractivity contribution in [3.63, 3.8) is 0 Å². The molecule has 2 rings (SSSR count). The van der Waals surface area contributed by atoms with Crippen LogP contribution >= 0.6 is 0 Å². The zero-order chi connectivity index (χ0) is 12.3. The van der Waals surface area contributed by atoms with Crippen LogP contribution in [0.15, 0.2) is 18.2 Å². The minimum atomic E-state index is 0.110. The number of nitrogens with zero attached hydrogens (tertiary/aromatic N) is 1. The van der Waals surface area contributed by atoms with E-state index in [1.165, 1.54) is 6.07 Å². The summed E-state index contributed by atoms with van der Waals surface area (Å²) in [5, 5.41) is 22.3. The zero-order valence-corrected chi connectivity index (χ0v) is 10.2. The van der Waals surface area contributed by atoms with Gasteiger partial charge < -0.3 is 15.5 Å². The molecule has 1 aromatic carbocycles. The molecule has 1 aliphatic rings. The van der Waals surface area contributed by atoms with Gasteiger partial charge in [0.15, 0.2) is 0 Å². The molecule has 0 radical (unpaired) electrons. The molecule has 17 heavy (non-hydrogen) atoms. The Labute approximate surface area is 102 Å². The highest BCUT2D eigenvalue weighted by atomic mass is 16.3. The first-order valence-corrected chi connectivity index (χ1v) is 6.16. The van der Waals surface area contributed by atoms with Crippen molar-refractivity contribution in [2.24, 2.45) is 0 Å². The molecule has 0 amide bonds. The monoisotopic (exact) mass is 236 g/mol. The SMILES string of the molecule is CCCN(Cc1ccc(O)cc1O)C1CNC1. The fraction of sp³-hybridized carbons (Fsp3) is 0.538. The maximum Gasteiger partial charge on any atom is 0.123 e. The van der Waals surface area contributed by atoms with E-state index in [1.54, 1.807) is 12.1 Å². The molecule has 3 N–H and O–H groups in total. The Morgan fingerprint density at radius 3 is 2.65 bits per heavy atom. The topological polar surface area (TPSA) is 55.7 Å². The summed E-state index contributed by atoms with van der Waals surface area (Å²) in [6, 6.07) is 5.39. The van der Waals surface area contributed by atoms with Gasteiger partial charge in [0.1, 0.15) is 11.5 Å². The summed E-state index contributed by atoms with van der Waals surface area (Å²) >= 11 is 0. The number of hydrogen-bond acceptors (Lipinski definition) is 4. The van der Waals surface area contributed by atoms with Gasteiger partial charge in [0.05, 0.1) is 0 Å². The summed E-state index contributed by atoms with van der Waals surface area (Å²) in [7, 11) is 0. The fourth-order valence-electron chi connectivity index (χ4n) is 2.11. The van der Waals surface area contributed by atoms with E-state index in [-0.39, 0.29) is 11.5 Å². The first-order chi connectivity index (χ1) is 8.20. The Bertz CT molecular complexity index is 378. The summed E-state index contributed by atoms with van der Waals surface area (Å²) in [6.07, 6.45) is 1.11. The van der Waals surface area contributed by atoms with Gasteiger partial charge in [-0.05, 0) is 19.0 Å². The molecule has 1 aliphatic heterocycles. The van der Waals surface area contributed by atoms with E-state index >= 15 is 0 Å². The van der Waals surface area contributed by atoms with Crippen LogP contribution in [-0.4, -0.2) is 40.8 Å². The number of benzene rings is 1. The number of nitrogens with one attached hydrogen (secondary N) is 1. The van der Waals surface area contributed by atoms with Crippen molar-refractivity contribution >= 4 is 0 Å². The van der Waals surface area contributed by atoms with Crippen LogP contribution in [0.2, 0.25) is 0 Å². The third-order valence-electron chi connectivity index (χ3n) is 3.23. The molecule has 0 saturated carbocycles. The van der Waals surface area contributed by atoms with Gasteiger partial charge in [0.25, 0.3) is 0 Å². The summed E-state index contributed by atoms with van der Waals surface area (Å²) in [5.74, 6) is 0.289. The van der Waals surface area contributed by atoms with Crippen molar-refractivity contribution < 1.29 is 10.2 Å². The third-order valence-corrected chi connectivity index (χ3v) is 3.23. The van der Waals surface area contributed by atoms with Crippen molar-refractivity contribution in [2.45, 2.75) is 25.9 Å². The number of phenolic OH excluding ortho intramolecular Hbond substituents is 2. The largest absolute Gasteiger partial charge is 0.508 e. The van der Waals surface area contributed by atoms with Gasteiger partial charge >= 0.3 is 0 Å². The van der Waals surface area contributed by atoms with E-state index in [0.29, 0.717) is 6.04 Å². The second-order valence-electron chi connectivity index (χ2n) is 4.60. The molecule has 1 saturated heterocycles. The Hall–Kier alpha value is -1.26. The van der Waals surface area contributed by atoms with Crippen LogP contribution in [0, 0.1) is 0 Å². The lowest BCUT2D eigenvalue weighted by Gasteiger charge is -2.38. The van der Waals surface area contributed by atoms with Crippen LogP contribution in [0.3, 0.4) is 0 Å². The van der Waals surface area contributed by atoms with Crippen LogP contribution < -0.4 is 5.32 Å². The molecule has 1 fully saturated rings. The first-order valence-electron chi connectivity index (χ1n) is 6.16. The number of rotatable bonds is 5. The molecule has 4 heteroatoms. The zero-order valence-electron chi connectivity index (χ0n) is 10.2. The quantitative estimate of drug-likeness (QED) is 0.721. The van der Waals surface area contributed by atoms with E-state index in [9.17, 15) is 10.2 Å². The average Bonchev–Trinajstić information content (AvgIpc) is 2.20. The van der Waals surface area contributed by atoms with Crippen LogP contribution in [0.4, 0.5) is 0 Å². The van der Waals surface area contributed by atoms with Crippen molar-refractivity contribution in [2.75, 3.05) is 19.6 Å². The predicted octanol–water partition coefficient (Wildman–Crippen LogP) is 1.28. The van der Waals surface area contributed by atoms with Crippen LogP contribution in [0.25, 0.3) is 0 Å². The van der Waals surface area contributed by atoms with Crippen molar-refractivity contribution in [3.05, 3.63) is 23.8 Å². The number of aromatic hydroxyl groups is 2. The van der Waals surface area contributed by atoms with Gasteiger partial charge in [-0.25, -0.2) is 0 Å². The van der Waals surface area contributed by atoms with E-state index in [0.717, 1.165) is 38.2 Å². The Kier molecular flexibility index (Phi) is 3.86. The number of hydrogen-bond donors (Lipinski definition) is 3. The van der Waals surface area contributed by atoms with Crippen molar-refractivity contribution in [1.82, 2.24) is 10.2 Å². The molecular weight excluding hydrogens is 216 g/mol. The highest BCUT2D eigenvalue weighted by Gasteiger charge is 2.24. The van der Waals surface area contributed by atoms with E-state index in [2.05, 4.69) is 17.1 Å². The van der Waals surface area contributed by atoms with E-state index in [4.69, 9.17) is 0 Å². The van der Waals surface area contributed by atoms with Gasteiger partial charge in [0, 0.05) is 37.3 Å². The van der Waals surface area contributed by atoms with Gasteiger partial charge in [-0.15, -0.1) is 0 Å². The first kappa shape index (κ1) is 12.2. The van der Waals surface area contributed by atoms with Crippen LogP contribution in [0.1, 0.15) is 18.9 Å². The van der Waals surface area contributed by atoms with E-state index < -0.39 is 0 Å². The van der Waals surface area contributed by atoms with E-state index in [1.807, 2.05) is 0 Å². The highest BCUT2D eigenvalue weighted by molar-refractivity contribution is 5.38. The summed E-state index contributed by atoms with van der Waals surface area (Å²) in [6.45, 7) is 5.99. The second-order valence-corrected chi connectivity index (χ2v) is 4.60. The molecule has 94 valence electrons. The normalized spacial score (nSPS) is 16.1. The van der Waals surface area contributed by atoms with Crippen LogP contribution in [0.5, 0.6) is 11.5 Å². The standard InChI is InChI=1S/C13H20N2O2/c1-2-5-15(11-7-14-8-11)9-10-3-4-12(16)6-13(10)17/h3-4,6,11,14,16-17H,2,5,7-9H2,1H3. The summed E-state index contributed by atoms with van der Waals surface area (Å²) < 4.78 is 0. The highest BCUT2D eigenvalue weighted by Crippen LogP contribution is 2.24. The smallest absolute Gasteiger partial charge is 0.123 e. The molecule has 0 aromatic heterocycles.